The molecule has 2 heterocycles. The number of aryl methyl sites for hydroxylation is 1. The number of aliphatic imine (C=N–C) groups is 1. The number of aromatic nitrogens is 3. The number of thioether (sulfide) groups is 1. The van der Waals surface area contributed by atoms with Crippen LogP contribution in [0.1, 0.15) is 22.9 Å². The Balaban J connectivity index is 0.00000338. The van der Waals surface area contributed by atoms with Crippen LogP contribution in [0.5, 0.6) is 0 Å². The molecule has 2 aromatic rings. The van der Waals surface area contributed by atoms with E-state index in [1.807, 2.05) is 30.3 Å². The zero-order valence-electron chi connectivity index (χ0n) is 15.9. The minimum absolute atomic E-state index is 0. The van der Waals surface area contributed by atoms with Gasteiger partial charge in [0.25, 0.3) is 0 Å². The molecule has 6 nitrogen and oxygen atoms in total. The van der Waals surface area contributed by atoms with Crippen LogP contribution in [-0.4, -0.2) is 57.8 Å². The Morgan fingerprint density at radius 1 is 1.42 bits per heavy atom. The third-order valence-electron chi connectivity index (χ3n) is 4.00. The van der Waals surface area contributed by atoms with Crippen molar-refractivity contribution in [3.8, 4) is 0 Å². The van der Waals surface area contributed by atoms with Crippen molar-refractivity contribution in [2.24, 2.45) is 12.0 Å². The van der Waals surface area contributed by atoms with Crippen LogP contribution in [0.15, 0.2) is 22.5 Å². The van der Waals surface area contributed by atoms with Gasteiger partial charge in [-0.15, -0.1) is 45.5 Å². The second-order valence-corrected chi connectivity index (χ2v) is 7.90. The van der Waals surface area contributed by atoms with Crippen molar-refractivity contribution in [3.05, 3.63) is 34.0 Å². The van der Waals surface area contributed by atoms with E-state index in [1.54, 1.807) is 11.3 Å². The third kappa shape index (κ3) is 7.43. The van der Waals surface area contributed by atoms with E-state index in [1.165, 1.54) is 4.88 Å². The largest absolute Gasteiger partial charge is 0.356 e. The highest BCUT2D eigenvalue weighted by Crippen LogP contribution is 2.09. The van der Waals surface area contributed by atoms with E-state index in [2.05, 4.69) is 51.2 Å². The van der Waals surface area contributed by atoms with E-state index in [9.17, 15) is 0 Å². The topological polar surface area (TPSA) is 58.3 Å². The van der Waals surface area contributed by atoms with Crippen LogP contribution < -0.4 is 5.32 Å². The molecule has 9 heteroatoms. The summed E-state index contributed by atoms with van der Waals surface area (Å²) >= 11 is 3.68. The van der Waals surface area contributed by atoms with E-state index in [4.69, 9.17) is 4.99 Å². The van der Waals surface area contributed by atoms with Gasteiger partial charge in [0.05, 0.1) is 0 Å². The normalized spacial score (nSPS) is 11.3. The third-order valence-corrected chi connectivity index (χ3v) is 5.63. The van der Waals surface area contributed by atoms with Gasteiger partial charge in [0.1, 0.15) is 12.4 Å². The summed E-state index contributed by atoms with van der Waals surface area (Å²) in [6.45, 7) is 4.36. The van der Waals surface area contributed by atoms with E-state index < -0.39 is 0 Å². The number of guanidine groups is 1. The van der Waals surface area contributed by atoms with Crippen LogP contribution >= 0.6 is 47.1 Å². The molecule has 0 atom stereocenters. The first-order valence-electron chi connectivity index (χ1n) is 8.47. The van der Waals surface area contributed by atoms with Crippen molar-refractivity contribution in [3.63, 3.8) is 0 Å². The molecule has 0 spiro atoms. The summed E-state index contributed by atoms with van der Waals surface area (Å²) in [7, 11) is 4.07. The Morgan fingerprint density at radius 3 is 2.85 bits per heavy atom. The molecule has 2 aromatic heterocycles. The average Bonchev–Trinajstić information content (AvgIpc) is 3.24. The molecule has 2 rings (SSSR count). The second-order valence-electron chi connectivity index (χ2n) is 5.89. The Kier molecular flexibility index (Phi) is 11.2. The molecule has 0 radical (unpaired) electrons. The molecule has 0 aliphatic carbocycles. The van der Waals surface area contributed by atoms with Gasteiger partial charge in [0, 0.05) is 32.1 Å². The number of halogens is 1. The predicted octanol–water partition coefficient (Wildman–Crippen LogP) is 3.18. The quantitative estimate of drug-likeness (QED) is 0.244. The lowest BCUT2D eigenvalue weighted by Crippen LogP contribution is -2.40. The van der Waals surface area contributed by atoms with Gasteiger partial charge in [-0.25, -0.2) is 4.99 Å². The minimum Gasteiger partial charge on any atom is -0.356 e. The average molecular weight is 508 g/mol. The number of nitrogens with zero attached hydrogens (tertiary/aromatic N) is 5. The molecule has 26 heavy (non-hydrogen) atoms. The maximum Gasteiger partial charge on any atom is 0.194 e. The van der Waals surface area contributed by atoms with E-state index in [-0.39, 0.29) is 24.0 Å². The number of thiophene rings is 1. The summed E-state index contributed by atoms with van der Waals surface area (Å²) in [4.78, 5) is 8.37. The standard InChI is InChI=1S/C17H28N6S2.HI/c1-14-20-21-16(23(14)3)13-19-17(18-9-6-11-24-4)22(2)10-8-15-7-5-12-25-15;/h5,7,12H,6,8-11,13H2,1-4H3,(H,18,19);1H. The molecule has 0 saturated carbocycles. The zero-order valence-corrected chi connectivity index (χ0v) is 19.9. The van der Waals surface area contributed by atoms with Gasteiger partial charge in [-0.1, -0.05) is 6.07 Å². The lowest BCUT2D eigenvalue weighted by molar-refractivity contribution is 0.484. The molecule has 0 amide bonds. The van der Waals surface area contributed by atoms with E-state index >= 15 is 0 Å². The fraction of sp³-hybridized carbons (Fsp3) is 0.588. The molecule has 0 saturated heterocycles. The van der Waals surface area contributed by atoms with E-state index in [0.29, 0.717) is 6.54 Å². The predicted molar refractivity (Wildman–Crippen MR) is 124 cm³/mol. The smallest absolute Gasteiger partial charge is 0.194 e. The lowest BCUT2D eigenvalue weighted by atomic mass is 10.3. The SMILES string of the molecule is CSCCCNC(=NCc1nnc(C)n1C)N(C)CCc1cccs1.I. The highest BCUT2D eigenvalue weighted by molar-refractivity contribution is 14.0. The zero-order chi connectivity index (χ0) is 18.1. The van der Waals surface area contributed by atoms with Gasteiger partial charge < -0.3 is 14.8 Å². The van der Waals surface area contributed by atoms with Crippen molar-refractivity contribution in [1.82, 2.24) is 25.0 Å². The van der Waals surface area contributed by atoms with E-state index in [0.717, 1.165) is 49.3 Å². The van der Waals surface area contributed by atoms with Crippen LogP contribution in [0.4, 0.5) is 0 Å². The Bertz CT molecular complexity index is 656. The van der Waals surface area contributed by atoms with Crippen LogP contribution in [0, 0.1) is 6.92 Å². The lowest BCUT2D eigenvalue weighted by Gasteiger charge is -2.22. The van der Waals surface area contributed by atoms with Crippen molar-refractivity contribution in [2.45, 2.75) is 26.3 Å². The Morgan fingerprint density at radius 2 is 2.23 bits per heavy atom. The first-order valence-corrected chi connectivity index (χ1v) is 10.7. The van der Waals surface area contributed by atoms with Crippen molar-refractivity contribution < 1.29 is 0 Å². The van der Waals surface area contributed by atoms with Crippen molar-refractivity contribution in [2.75, 3.05) is 32.1 Å². The molecule has 0 bridgehead atoms. The van der Waals surface area contributed by atoms with Crippen LogP contribution in [0.2, 0.25) is 0 Å². The molecular formula is C17H29IN6S2. The van der Waals surface area contributed by atoms with Crippen LogP contribution in [0.3, 0.4) is 0 Å². The molecule has 0 aromatic carbocycles. The summed E-state index contributed by atoms with van der Waals surface area (Å²) < 4.78 is 1.99. The fourth-order valence-electron chi connectivity index (χ4n) is 2.30. The maximum absolute atomic E-state index is 4.77. The summed E-state index contributed by atoms with van der Waals surface area (Å²) in [6, 6.07) is 4.29. The first kappa shape index (κ1) is 23.2. The molecule has 0 unspecified atom stereocenters. The van der Waals surface area contributed by atoms with Crippen molar-refractivity contribution in [1.29, 1.82) is 0 Å². The number of likely N-dealkylation sites (N-methyl/N-ethyl adjacent to an activating group) is 1. The van der Waals surface area contributed by atoms with Crippen LogP contribution in [0.25, 0.3) is 0 Å². The number of nitrogens with one attached hydrogen (secondary N) is 1. The summed E-state index contributed by atoms with van der Waals surface area (Å²) in [5, 5.41) is 13.9. The summed E-state index contributed by atoms with van der Waals surface area (Å²) in [5.41, 5.74) is 0. The fourth-order valence-corrected chi connectivity index (χ4v) is 3.43. The summed E-state index contributed by atoms with van der Waals surface area (Å²) in [5.74, 6) is 3.87. The highest BCUT2D eigenvalue weighted by atomic mass is 127. The van der Waals surface area contributed by atoms with Gasteiger partial charge in [-0.2, -0.15) is 11.8 Å². The second kappa shape index (κ2) is 12.6. The molecule has 0 aliphatic rings. The molecule has 0 aliphatic heterocycles. The van der Waals surface area contributed by atoms with Gasteiger partial charge in [-0.05, 0) is 43.2 Å². The Labute approximate surface area is 181 Å². The van der Waals surface area contributed by atoms with Gasteiger partial charge in [0.15, 0.2) is 11.8 Å². The Hall–Kier alpha value is -0.810. The van der Waals surface area contributed by atoms with Crippen molar-refractivity contribution >= 4 is 53.0 Å². The monoisotopic (exact) mass is 508 g/mol. The number of rotatable bonds is 9. The minimum atomic E-state index is 0. The molecule has 0 fully saturated rings. The number of hydrogen-bond acceptors (Lipinski definition) is 5. The summed E-state index contributed by atoms with van der Waals surface area (Å²) in [6.07, 6.45) is 4.29. The molecule has 1 N–H and O–H groups in total. The maximum atomic E-state index is 4.77. The van der Waals surface area contributed by atoms with Gasteiger partial charge >= 0.3 is 0 Å². The van der Waals surface area contributed by atoms with Gasteiger partial charge in [-0.3, -0.25) is 0 Å². The first-order chi connectivity index (χ1) is 12.1. The molecule has 146 valence electrons. The van der Waals surface area contributed by atoms with Crippen LogP contribution in [-0.2, 0) is 20.0 Å². The highest BCUT2D eigenvalue weighted by Gasteiger charge is 2.09. The molecular weight excluding hydrogens is 479 g/mol. The van der Waals surface area contributed by atoms with Gasteiger partial charge in [0.2, 0.25) is 0 Å². The number of hydrogen-bond donors (Lipinski definition) is 1.